The molecule has 100 valence electrons. The summed E-state index contributed by atoms with van der Waals surface area (Å²) in [6.45, 7) is 1.89. The Bertz CT molecular complexity index is 677. The van der Waals surface area contributed by atoms with Gasteiger partial charge in [-0.15, -0.1) is 0 Å². The fourth-order valence-electron chi connectivity index (χ4n) is 1.93. The van der Waals surface area contributed by atoms with E-state index in [1.165, 1.54) is 0 Å². The van der Waals surface area contributed by atoms with Crippen LogP contribution in [0.4, 0.5) is 5.69 Å². The Kier molecular flexibility index (Phi) is 3.62. The number of hydrogen-bond acceptors (Lipinski definition) is 3. The van der Waals surface area contributed by atoms with Crippen LogP contribution in [0, 0.1) is 6.92 Å². The molecule has 0 N–H and O–H groups in total. The Balaban J connectivity index is 2.68. The van der Waals surface area contributed by atoms with E-state index < -0.39 is 9.84 Å². The lowest BCUT2D eigenvalue weighted by molar-refractivity contribution is 0.596. The Morgan fingerprint density at radius 1 is 0.947 bits per heavy atom. The number of hydrogen-bond donors (Lipinski definition) is 0. The maximum Gasteiger partial charge on any atom is 0.208 e. The van der Waals surface area contributed by atoms with Crippen molar-refractivity contribution >= 4 is 15.5 Å². The molecule has 0 unspecified atom stereocenters. The fraction of sp³-hybridized carbons (Fsp3) is 0.200. The highest BCUT2D eigenvalue weighted by Crippen LogP contribution is 2.30. The average Bonchev–Trinajstić information content (AvgIpc) is 2.39. The van der Waals surface area contributed by atoms with E-state index in [4.69, 9.17) is 0 Å². The highest BCUT2D eigenvalue weighted by atomic mass is 32.2. The maximum absolute atomic E-state index is 12.7. The lowest BCUT2D eigenvalue weighted by Gasteiger charge is -2.18. The van der Waals surface area contributed by atoms with E-state index >= 15 is 0 Å². The predicted octanol–water partition coefficient (Wildman–Crippen LogP) is 2.89. The molecule has 0 aliphatic carbocycles. The van der Waals surface area contributed by atoms with Crippen molar-refractivity contribution in [1.29, 1.82) is 0 Å². The highest BCUT2D eigenvalue weighted by molar-refractivity contribution is 7.91. The molecule has 3 nitrogen and oxygen atoms in total. The van der Waals surface area contributed by atoms with E-state index in [2.05, 4.69) is 0 Å². The molecule has 2 aromatic carbocycles. The van der Waals surface area contributed by atoms with Crippen molar-refractivity contribution in [3.63, 3.8) is 0 Å². The Morgan fingerprint density at radius 2 is 1.58 bits per heavy atom. The van der Waals surface area contributed by atoms with Crippen LogP contribution in [0.1, 0.15) is 5.56 Å². The van der Waals surface area contributed by atoms with Gasteiger partial charge < -0.3 is 4.90 Å². The van der Waals surface area contributed by atoms with E-state index in [-0.39, 0.29) is 0 Å². The van der Waals surface area contributed by atoms with Gasteiger partial charge in [0.1, 0.15) is 0 Å². The zero-order valence-corrected chi connectivity index (χ0v) is 12.1. The van der Waals surface area contributed by atoms with E-state index in [9.17, 15) is 8.42 Å². The van der Waals surface area contributed by atoms with Gasteiger partial charge in [-0.25, -0.2) is 8.42 Å². The normalized spacial score (nSPS) is 11.3. The minimum absolute atomic E-state index is 0.323. The van der Waals surface area contributed by atoms with Gasteiger partial charge in [0.2, 0.25) is 9.84 Å². The first kappa shape index (κ1) is 13.6. The molecule has 0 atom stereocenters. The van der Waals surface area contributed by atoms with Crippen LogP contribution in [0.3, 0.4) is 0 Å². The molecule has 0 spiro atoms. The second-order valence-corrected chi connectivity index (χ2v) is 6.60. The molecule has 0 saturated heterocycles. The van der Waals surface area contributed by atoms with Crippen LogP contribution in [0.5, 0.6) is 0 Å². The van der Waals surface area contributed by atoms with Gasteiger partial charge in [0, 0.05) is 14.1 Å². The van der Waals surface area contributed by atoms with E-state index in [1.807, 2.05) is 44.1 Å². The molecule has 0 amide bonds. The predicted molar refractivity (Wildman–Crippen MR) is 77.4 cm³/mol. The molecule has 0 saturated carbocycles. The number of nitrogens with zero attached hydrogens (tertiary/aromatic N) is 1. The minimum Gasteiger partial charge on any atom is -0.377 e. The summed E-state index contributed by atoms with van der Waals surface area (Å²) in [7, 11) is 0.205. The lowest BCUT2D eigenvalue weighted by Crippen LogP contribution is -2.14. The van der Waals surface area contributed by atoms with Crippen LogP contribution < -0.4 is 4.90 Å². The third kappa shape index (κ3) is 2.63. The molecule has 0 aliphatic heterocycles. The Labute approximate surface area is 114 Å². The molecule has 4 heteroatoms. The number of benzene rings is 2. The fourth-order valence-corrected chi connectivity index (χ4v) is 3.57. The molecular weight excluding hydrogens is 258 g/mol. The van der Waals surface area contributed by atoms with E-state index in [0.717, 1.165) is 5.56 Å². The van der Waals surface area contributed by atoms with Crippen molar-refractivity contribution in [2.24, 2.45) is 0 Å². The molecule has 2 aromatic rings. The van der Waals surface area contributed by atoms with Crippen LogP contribution in [0.15, 0.2) is 58.3 Å². The summed E-state index contributed by atoms with van der Waals surface area (Å²) in [4.78, 5) is 2.49. The molecule has 0 aliphatic rings. The summed E-state index contributed by atoms with van der Waals surface area (Å²) in [5.41, 5.74) is 1.63. The number of aryl methyl sites for hydroxylation is 1. The average molecular weight is 275 g/mol. The zero-order valence-electron chi connectivity index (χ0n) is 11.3. The van der Waals surface area contributed by atoms with Crippen molar-refractivity contribution in [1.82, 2.24) is 0 Å². The number of anilines is 1. The monoisotopic (exact) mass is 275 g/mol. The third-order valence-corrected chi connectivity index (χ3v) is 4.74. The molecule has 0 fully saturated rings. The van der Waals surface area contributed by atoms with Crippen molar-refractivity contribution in [2.75, 3.05) is 19.0 Å². The minimum atomic E-state index is -3.48. The highest BCUT2D eigenvalue weighted by Gasteiger charge is 2.22. The number of rotatable bonds is 3. The lowest BCUT2D eigenvalue weighted by atomic mass is 10.2. The van der Waals surface area contributed by atoms with Crippen molar-refractivity contribution in [2.45, 2.75) is 16.7 Å². The quantitative estimate of drug-likeness (QED) is 0.864. The maximum atomic E-state index is 12.7. The summed E-state index contributed by atoms with van der Waals surface area (Å²) in [6.07, 6.45) is 0. The van der Waals surface area contributed by atoms with Gasteiger partial charge in [-0.1, -0.05) is 24.3 Å². The first-order valence-electron chi connectivity index (χ1n) is 6.01. The largest absolute Gasteiger partial charge is 0.377 e. The summed E-state index contributed by atoms with van der Waals surface area (Å²) < 4.78 is 25.4. The van der Waals surface area contributed by atoms with Gasteiger partial charge in [-0.05, 0) is 36.8 Å². The van der Waals surface area contributed by atoms with Crippen LogP contribution in [0.25, 0.3) is 0 Å². The van der Waals surface area contributed by atoms with Gasteiger partial charge in [-0.2, -0.15) is 0 Å². The molecule has 0 radical (unpaired) electrons. The third-order valence-electron chi connectivity index (χ3n) is 2.94. The van der Waals surface area contributed by atoms with Gasteiger partial charge in [0.25, 0.3) is 0 Å². The van der Waals surface area contributed by atoms with Crippen LogP contribution in [0.2, 0.25) is 0 Å². The van der Waals surface area contributed by atoms with E-state index in [0.29, 0.717) is 15.5 Å². The first-order valence-corrected chi connectivity index (χ1v) is 7.49. The van der Waals surface area contributed by atoms with Crippen LogP contribution in [-0.4, -0.2) is 22.5 Å². The van der Waals surface area contributed by atoms with Gasteiger partial charge >= 0.3 is 0 Å². The van der Waals surface area contributed by atoms with Gasteiger partial charge in [0.05, 0.1) is 15.5 Å². The van der Waals surface area contributed by atoms with Crippen molar-refractivity contribution < 1.29 is 8.42 Å². The smallest absolute Gasteiger partial charge is 0.208 e. The second kappa shape index (κ2) is 5.05. The number of sulfone groups is 1. The zero-order chi connectivity index (χ0) is 14.0. The topological polar surface area (TPSA) is 37.4 Å². The van der Waals surface area contributed by atoms with Gasteiger partial charge in [0.15, 0.2) is 0 Å². The standard InChI is InChI=1S/C15H17NO2S/c1-12-9-10-14(16(2)3)15(11-12)19(17,18)13-7-5-4-6-8-13/h4-11H,1-3H3. The second-order valence-electron chi connectivity index (χ2n) is 4.68. The molecule has 2 rings (SSSR count). The first-order chi connectivity index (χ1) is 8.93. The van der Waals surface area contributed by atoms with Crippen LogP contribution >= 0.6 is 0 Å². The summed E-state index contributed by atoms with van der Waals surface area (Å²) in [5, 5.41) is 0. The van der Waals surface area contributed by atoms with Crippen LogP contribution in [-0.2, 0) is 9.84 Å². The van der Waals surface area contributed by atoms with Crippen molar-refractivity contribution in [3.05, 3.63) is 54.1 Å². The SMILES string of the molecule is Cc1ccc(N(C)C)c(S(=O)(=O)c2ccccc2)c1. The molecule has 0 aromatic heterocycles. The van der Waals surface area contributed by atoms with Crippen molar-refractivity contribution in [3.8, 4) is 0 Å². The Hall–Kier alpha value is -1.81. The summed E-state index contributed by atoms with van der Waals surface area (Å²) in [6, 6.07) is 14.0. The Morgan fingerprint density at radius 3 is 2.16 bits per heavy atom. The summed E-state index contributed by atoms with van der Waals surface area (Å²) >= 11 is 0. The van der Waals surface area contributed by atoms with Gasteiger partial charge in [-0.3, -0.25) is 0 Å². The van der Waals surface area contributed by atoms with E-state index in [1.54, 1.807) is 30.3 Å². The molecule has 19 heavy (non-hydrogen) atoms. The molecule has 0 heterocycles. The summed E-state index contributed by atoms with van der Waals surface area (Å²) in [5.74, 6) is 0. The molecular formula is C15H17NO2S. The molecule has 0 bridgehead atoms.